The fraction of sp³-hybridized carbons (Fsp3) is 0.909. The van der Waals surface area contributed by atoms with Gasteiger partial charge in [-0.25, -0.2) is 0 Å². The number of hydrogen-bond acceptors (Lipinski definition) is 3. The lowest BCUT2D eigenvalue weighted by Gasteiger charge is -2.31. The highest BCUT2D eigenvalue weighted by Gasteiger charge is 2.37. The molecule has 0 bridgehead atoms. The number of rotatable bonds is 4. The van der Waals surface area contributed by atoms with E-state index in [-0.39, 0.29) is 6.04 Å². The molecule has 2 N–H and O–H groups in total. The second-order valence-electron chi connectivity index (χ2n) is 4.90. The van der Waals surface area contributed by atoms with Crippen molar-refractivity contribution in [3.8, 4) is 0 Å². The summed E-state index contributed by atoms with van der Waals surface area (Å²) in [4.78, 5) is 13.3. The highest BCUT2D eigenvalue weighted by molar-refractivity contribution is 5.74. The SMILES string of the molecule is CN1CCC(NC(C(=O)O)C2CC2)CC1. The van der Waals surface area contributed by atoms with Crippen molar-refractivity contribution in [1.82, 2.24) is 10.2 Å². The normalized spacial score (nSPS) is 26.5. The number of aliphatic carboxylic acids is 1. The number of carbonyl (C=O) groups is 1. The van der Waals surface area contributed by atoms with Gasteiger partial charge in [-0.3, -0.25) is 4.79 Å². The first-order chi connectivity index (χ1) is 7.16. The van der Waals surface area contributed by atoms with E-state index in [4.69, 9.17) is 5.11 Å². The molecule has 2 fully saturated rings. The van der Waals surface area contributed by atoms with Gasteiger partial charge in [0, 0.05) is 6.04 Å². The Morgan fingerprint density at radius 3 is 2.40 bits per heavy atom. The van der Waals surface area contributed by atoms with Gasteiger partial charge < -0.3 is 15.3 Å². The average Bonchev–Trinajstić information content (AvgIpc) is 3.00. The maximum atomic E-state index is 11.0. The number of carboxylic acid groups (broad SMARTS) is 1. The molecule has 1 aliphatic heterocycles. The van der Waals surface area contributed by atoms with E-state index >= 15 is 0 Å². The predicted octanol–water partition coefficient (Wildman–Crippen LogP) is 0.533. The number of carboxylic acids is 1. The second kappa shape index (κ2) is 4.49. The lowest BCUT2D eigenvalue weighted by molar-refractivity contribution is -0.140. The van der Waals surface area contributed by atoms with Crippen LogP contribution in [-0.4, -0.2) is 48.2 Å². The molecular formula is C11H20N2O2. The Hall–Kier alpha value is -0.610. The molecule has 0 aromatic rings. The van der Waals surface area contributed by atoms with Crippen molar-refractivity contribution in [3.63, 3.8) is 0 Å². The zero-order valence-electron chi connectivity index (χ0n) is 9.28. The first kappa shape index (κ1) is 10.9. The summed E-state index contributed by atoms with van der Waals surface area (Å²) in [6.07, 6.45) is 4.31. The minimum absolute atomic E-state index is 0.293. The first-order valence-electron chi connectivity index (χ1n) is 5.84. The van der Waals surface area contributed by atoms with Crippen molar-refractivity contribution in [3.05, 3.63) is 0 Å². The van der Waals surface area contributed by atoms with Crippen LogP contribution in [-0.2, 0) is 4.79 Å². The van der Waals surface area contributed by atoms with E-state index in [1.807, 2.05) is 0 Å². The van der Waals surface area contributed by atoms with Crippen LogP contribution in [0.2, 0.25) is 0 Å². The fourth-order valence-corrected chi connectivity index (χ4v) is 2.27. The van der Waals surface area contributed by atoms with E-state index in [1.165, 1.54) is 0 Å². The lowest BCUT2D eigenvalue weighted by Crippen LogP contribution is -2.49. The molecule has 1 aliphatic carbocycles. The van der Waals surface area contributed by atoms with Crippen molar-refractivity contribution < 1.29 is 9.90 Å². The van der Waals surface area contributed by atoms with Crippen molar-refractivity contribution in [1.29, 1.82) is 0 Å². The summed E-state index contributed by atoms with van der Waals surface area (Å²) in [5.41, 5.74) is 0. The largest absolute Gasteiger partial charge is 0.480 e. The molecule has 2 rings (SSSR count). The molecule has 0 aromatic carbocycles. The van der Waals surface area contributed by atoms with Crippen LogP contribution in [0.25, 0.3) is 0 Å². The molecule has 0 aromatic heterocycles. The molecule has 15 heavy (non-hydrogen) atoms. The van der Waals surface area contributed by atoms with Gasteiger partial charge in [-0.15, -0.1) is 0 Å². The smallest absolute Gasteiger partial charge is 0.320 e. The Kier molecular flexibility index (Phi) is 3.26. The maximum Gasteiger partial charge on any atom is 0.320 e. The Morgan fingerprint density at radius 2 is 1.93 bits per heavy atom. The quantitative estimate of drug-likeness (QED) is 0.714. The van der Waals surface area contributed by atoms with Crippen LogP contribution in [0.4, 0.5) is 0 Å². The Labute approximate surface area is 90.6 Å². The van der Waals surface area contributed by atoms with Crippen LogP contribution in [0, 0.1) is 5.92 Å². The van der Waals surface area contributed by atoms with Gasteiger partial charge in [0.15, 0.2) is 0 Å². The van der Waals surface area contributed by atoms with Crippen LogP contribution in [0.5, 0.6) is 0 Å². The number of nitrogens with zero attached hydrogens (tertiary/aromatic N) is 1. The van der Waals surface area contributed by atoms with Gasteiger partial charge in [-0.05, 0) is 51.7 Å². The van der Waals surface area contributed by atoms with E-state index in [9.17, 15) is 4.79 Å². The Balaban J connectivity index is 1.81. The molecule has 0 amide bonds. The van der Waals surface area contributed by atoms with Gasteiger partial charge in [0.05, 0.1) is 0 Å². The monoisotopic (exact) mass is 212 g/mol. The van der Waals surface area contributed by atoms with Crippen molar-refractivity contribution in [2.45, 2.75) is 37.8 Å². The van der Waals surface area contributed by atoms with E-state index in [0.717, 1.165) is 38.8 Å². The molecule has 1 saturated heterocycles. The summed E-state index contributed by atoms with van der Waals surface area (Å²) in [6, 6.07) is 0.112. The van der Waals surface area contributed by atoms with Crippen LogP contribution in [0.15, 0.2) is 0 Å². The molecule has 0 radical (unpaired) electrons. The minimum Gasteiger partial charge on any atom is -0.480 e. The molecule has 1 saturated carbocycles. The van der Waals surface area contributed by atoms with Crippen LogP contribution < -0.4 is 5.32 Å². The number of hydrogen-bond donors (Lipinski definition) is 2. The highest BCUT2D eigenvalue weighted by Crippen LogP contribution is 2.33. The first-order valence-corrected chi connectivity index (χ1v) is 5.84. The molecular weight excluding hydrogens is 192 g/mol. The zero-order chi connectivity index (χ0) is 10.8. The predicted molar refractivity (Wildman–Crippen MR) is 57.8 cm³/mol. The van der Waals surface area contributed by atoms with E-state index in [2.05, 4.69) is 17.3 Å². The van der Waals surface area contributed by atoms with Crippen molar-refractivity contribution in [2.24, 2.45) is 5.92 Å². The molecule has 1 heterocycles. The van der Waals surface area contributed by atoms with Crippen molar-refractivity contribution in [2.75, 3.05) is 20.1 Å². The van der Waals surface area contributed by atoms with Gasteiger partial charge in [0.25, 0.3) is 0 Å². The second-order valence-corrected chi connectivity index (χ2v) is 4.90. The van der Waals surface area contributed by atoms with Gasteiger partial charge in [0.1, 0.15) is 6.04 Å². The summed E-state index contributed by atoms with van der Waals surface area (Å²) in [7, 11) is 2.12. The molecule has 0 spiro atoms. The Bertz CT molecular complexity index is 233. The topological polar surface area (TPSA) is 52.6 Å². The third-order valence-electron chi connectivity index (χ3n) is 3.49. The number of piperidine rings is 1. The molecule has 86 valence electrons. The van der Waals surface area contributed by atoms with Gasteiger partial charge >= 0.3 is 5.97 Å². The summed E-state index contributed by atoms with van der Waals surface area (Å²) in [5, 5.41) is 12.4. The van der Waals surface area contributed by atoms with E-state index in [1.54, 1.807) is 0 Å². The van der Waals surface area contributed by atoms with Gasteiger partial charge in [-0.1, -0.05) is 0 Å². The summed E-state index contributed by atoms with van der Waals surface area (Å²) < 4.78 is 0. The van der Waals surface area contributed by atoms with Gasteiger partial charge in [0.2, 0.25) is 0 Å². The lowest BCUT2D eigenvalue weighted by atomic mass is 10.0. The van der Waals surface area contributed by atoms with Crippen LogP contribution in [0.3, 0.4) is 0 Å². The third-order valence-corrected chi connectivity index (χ3v) is 3.49. The number of nitrogens with one attached hydrogen (secondary N) is 1. The van der Waals surface area contributed by atoms with Crippen molar-refractivity contribution >= 4 is 5.97 Å². The highest BCUT2D eigenvalue weighted by atomic mass is 16.4. The molecule has 2 aliphatic rings. The third kappa shape index (κ3) is 2.92. The Morgan fingerprint density at radius 1 is 1.33 bits per heavy atom. The summed E-state index contributed by atoms with van der Waals surface area (Å²) in [5.74, 6) is -0.279. The fourth-order valence-electron chi connectivity index (χ4n) is 2.27. The standard InChI is InChI=1S/C11H20N2O2/c1-13-6-4-9(5-7-13)12-10(11(14)15)8-2-3-8/h8-10,12H,2-7H2,1H3,(H,14,15). The van der Waals surface area contributed by atoms with E-state index in [0.29, 0.717) is 12.0 Å². The maximum absolute atomic E-state index is 11.0. The average molecular weight is 212 g/mol. The summed E-state index contributed by atoms with van der Waals surface area (Å²) in [6.45, 7) is 2.16. The van der Waals surface area contributed by atoms with Crippen LogP contribution in [0.1, 0.15) is 25.7 Å². The van der Waals surface area contributed by atoms with E-state index < -0.39 is 5.97 Å². The molecule has 1 unspecified atom stereocenters. The van der Waals surface area contributed by atoms with Crippen LogP contribution >= 0.6 is 0 Å². The molecule has 1 atom stereocenters. The zero-order valence-corrected chi connectivity index (χ0v) is 9.28. The minimum atomic E-state index is -0.670. The van der Waals surface area contributed by atoms with Gasteiger partial charge in [-0.2, -0.15) is 0 Å². The summed E-state index contributed by atoms with van der Waals surface area (Å²) >= 11 is 0. The number of likely N-dealkylation sites (tertiary alicyclic amines) is 1. The molecule has 4 heteroatoms. The molecule has 4 nitrogen and oxygen atoms in total.